The zero-order chi connectivity index (χ0) is 30.3. The first kappa shape index (κ1) is 31.0. The molecule has 0 saturated carbocycles. The number of aromatic nitrogens is 4. The van der Waals surface area contributed by atoms with Gasteiger partial charge < -0.3 is 15.7 Å². The van der Waals surface area contributed by atoms with Crippen LogP contribution in [0.4, 0.5) is 32.2 Å². The monoisotopic (exact) mass is 597 g/mol. The highest BCUT2D eigenvalue weighted by molar-refractivity contribution is 7.89. The van der Waals surface area contributed by atoms with Crippen LogP contribution in [0.5, 0.6) is 0 Å². The lowest BCUT2D eigenvalue weighted by Gasteiger charge is -2.39. The SMILES string of the molecule is Cc1ccc(S(=O)(=O)NC2(C)CCCN(C)C2)cc1-c1cnc2c(N)nc(C(F)(F)F)nn12.O=C(O)C(F)(F)F. The zero-order valence-electron chi connectivity index (χ0n) is 21.3. The third-order valence-corrected chi connectivity index (χ3v) is 7.58. The van der Waals surface area contributed by atoms with Crippen molar-refractivity contribution in [2.75, 3.05) is 25.9 Å². The van der Waals surface area contributed by atoms with Gasteiger partial charge in [0.25, 0.3) is 5.82 Å². The van der Waals surface area contributed by atoms with E-state index in [1.165, 1.54) is 18.3 Å². The summed E-state index contributed by atoms with van der Waals surface area (Å²) in [6, 6.07) is 4.46. The Morgan fingerprint density at radius 3 is 2.38 bits per heavy atom. The third kappa shape index (κ3) is 6.97. The molecule has 1 aliphatic heterocycles. The molecule has 0 radical (unpaired) electrons. The number of carbonyl (C=O) groups is 1. The number of likely N-dealkylation sites (N-methyl/N-ethyl adjacent to an activating group) is 1. The molecule has 18 heteroatoms. The first-order valence-corrected chi connectivity index (χ1v) is 12.9. The van der Waals surface area contributed by atoms with E-state index >= 15 is 0 Å². The fourth-order valence-electron chi connectivity index (χ4n) is 4.21. The Labute approximate surface area is 224 Å². The van der Waals surface area contributed by atoms with E-state index in [9.17, 15) is 34.8 Å². The number of sulfonamides is 1. The summed E-state index contributed by atoms with van der Waals surface area (Å²) in [6.45, 7) is 5.03. The Morgan fingerprint density at radius 1 is 1.20 bits per heavy atom. The van der Waals surface area contributed by atoms with Crippen molar-refractivity contribution >= 4 is 27.5 Å². The Balaban J connectivity index is 0.000000559. The van der Waals surface area contributed by atoms with Crippen LogP contribution < -0.4 is 10.5 Å². The smallest absolute Gasteiger partial charge is 0.475 e. The van der Waals surface area contributed by atoms with Crippen LogP contribution in [0, 0.1) is 6.92 Å². The predicted octanol–water partition coefficient (Wildman–Crippen LogP) is 3.10. The number of nitrogen functional groups attached to an aromatic ring is 1. The van der Waals surface area contributed by atoms with Gasteiger partial charge >= 0.3 is 18.3 Å². The van der Waals surface area contributed by atoms with Crippen molar-refractivity contribution in [1.29, 1.82) is 0 Å². The van der Waals surface area contributed by atoms with E-state index in [4.69, 9.17) is 15.6 Å². The number of hydrogen-bond donors (Lipinski definition) is 3. The Kier molecular flexibility index (Phi) is 8.38. The van der Waals surface area contributed by atoms with Gasteiger partial charge in [0, 0.05) is 17.6 Å². The molecule has 1 saturated heterocycles. The van der Waals surface area contributed by atoms with Crippen molar-refractivity contribution < 1.29 is 44.7 Å². The maximum absolute atomic E-state index is 13.2. The standard InChI is InChI=1S/C20H24F3N7O2S.C2HF3O2/c1-12-5-6-13(33(31,32)28-19(2)7-4-8-29(3)11-19)9-14(12)15-10-25-17-16(24)26-18(20(21,22)23)27-30(15)17;3-2(4,5)1(6)7/h5-6,9-10,28H,4,7-8,11H2,1-3H3,(H2,24,26,27);(H,6,7). The summed E-state index contributed by atoms with van der Waals surface area (Å²) < 4.78 is 102. The van der Waals surface area contributed by atoms with Gasteiger partial charge in [-0.25, -0.2) is 32.4 Å². The summed E-state index contributed by atoms with van der Waals surface area (Å²) in [5.74, 6) is -4.60. The number of carboxylic acids is 1. The van der Waals surface area contributed by atoms with Crippen molar-refractivity contribution in [3.63, 3.8) is 0 Å². The van der Waals surface area contributed by atoms with E-state index < -0.39 is 45.5 Å². The van der Waals surface area contributed by atoms with Crippen LogP contribution in [0.2, 0.25) is 0 Å². The van der Waals surface area contributed by atoms with E-state index in [0.29, 0.717) is 24.1 Å². The van der Waals surface area contributed by atoms with Gasteiger partial charge in [-0.15, -0.1) is 5.10 Å². The topological polar surface area (TPSA) is 156 Å². The highest BCUT2D eigenvalue weighted by atomic mass is 32.2. The highest BCUT2D eigenvalue weighted by Crippen LogP contribution is 2.31. The summed E-state index contributed by atoms with van der Waals surface area (Å²) in [5, 5.41) is 10.7. The number of anilines is 1. The number of piperidine rings is 1. The summed E-state index contributed by atoms with van der Waals surface area (Å²) in [4.78, 5) is 18.3. The molecule has 4 N–H and O–H groups in total. The molecule has 0 aliphatic carbocycles. The van der Waals surface area contributed by atoms with Crippen LogP contribution in [0.15, 0.2) is 29.3 Å². The molecule has 0 amide bonds. The fourth-order valence-corrected chi connectivity index (χ4v) is 5.66. The van der Waals surface area contributed by atoms with Crippen molar-refractivity contribution in [2.24, 2.45) is 0 Å². The van der Waals surface area contributed by atoms with Gasteiger partial charge in [-0.2, -0.15) is 26.3 Å². The molecule has 1 unspecified atom stereocenters. The van der Waals surface area contributed by atoms with Crippen LogP contribution in [-0.4, -0.2) is 75.8 Å². The number of aliphatic carboxylic acids is 1. The molecule has 2 aromatic heterocycles. The highest BCUT2D eigenvalue weighted by Gasteiger charge is 2.38. The minimum atomic E-state index is -5.08. The molecular formula is C22H25F6N7O4S. The van der Waals surface area contributed by atoms with E-state index in [-0.39, 0.29) is 16.2 Å². The molecule has 1 fully saturated rings. The van der Waals surface area contributed by atoms with Crippen molar-refractivity contribution in [1.82, 2.24) is 29.2 Å². The number of fused-ring (bicyclic) bond motifs is 1. The van der Waals surface area contributed by atoms with Gasteiger partial charge in [0.15, 0.2) is 11.5 Å². The molecule has 1 atom stereocenters. The molecule has 3 aromatic rings. The quantitative estimate of drug-likeness (QED) is 0.385. The number of rotatable bonds is 4. The normalized spacial score (nSPS) is 18.8. The maximum atomic E-state index is 13.2. The summed E-state index contributed by atoms with van der Waals surface area (Å²) in [5.41, 5.74) is 6.14. The first-order valence-electron chi connectivity index (χ1n) is 11.5. The molecule has 4 rings (SSSR count). The first-order chi connectivity index (χ1) is 18.2. The van der Waals surface area contributed by atoms with Crippen molar-refractivity contribution in [2.45, 2.75) is 49.5 Å². The van der Waals surface area contributed by atoms with Crippen LogP contribution in [0.1, 0.15) is 31.2 Å². The number of halogens is 6. The molecule has 11 nitrogen and oxygen atoms in total. The van der Waals surface area contributed by atoms with Crippen molar-refractivity contribution in [3.8, 4) is 11.3 Å². The van der Waals surface area contributed by atoms with Gasteiger partial charge in [0.05, 0.1) is 16.8 Å². The Morgan fingerprint density at radius 2 is 1.82 bits per heavy atom. The second-order valence-electron chi connectivity index (χ2n) is 9.48. The number of imidazole rings is 1. The minimum absolute atomic E-state index is 0.00873. The Bertz CT molecular complexity index is 1520. The number of benzene rings is 1. The molecule has 1 aliphatic rings. The lowest BCUT2D eigenvalue weighted by Crippen LogP contribution is -2.55. The van der Waals surface area contributed by atoms with Gasteiger partial charge in [-0.3, -0.25) is 0 Å². The predicted molar refractivity (Wildman–Crippen MR) is 130 cm³/mol. The molecule has 0 bridgehead atoms. The lowest BCUT2D eigenvalue weighted by atomic mass is 9.93. The fraction of sp³-hybridized carbons (Fsp3) is 0.455. The number of alkyl halides is 6. The number of nitrogens with zero attached hydrogens (tertiary/aromatic N) is 5. The van der Waals surface area contributed by atoms with Crippen LogP contribution >= 0.6 is 0 Å². The van der Waals surface area contributed by atoms with Gasteiger partial charge in [0.1, 0.15) is 0 Å². The molecular weight excluding hydrogens is 572 g/mol. The number of hydrogen-bond acceptors (Lipinski definition) is 8. The average Bonchev–Trinajstić information content (AvgIpc) is 3.22. The van der Waals surface area contributed by atoms with E-state index in [2.05, 4.69) is 24.7 Å². The molecule has 40 heavy (non-hydrogen) atoms. The molecule has 0 spiro atoms. The number of carboxylic acid groups (broad SMARTS) is 1. The van der Waals surface area contributed by atoms with Gasteiger partial charge in [-0.05, 0) is 58.0 Å². The van der Waals surface area contributed by atoms with Crippen molar-refractivity contribution in [3.05, 3.63) is 35.8 Å². The number of aryl methyl sites for hydroxylation is 1. The van der Waals surface area contributed by atoms with Crippen LogP contribution in [0.3, 0.4) is 0 Å². The second-order valence-corrected chi connectivity index (χ2v) is 11.2. The summed E-state index contributed by atoms with van der Waals surface area (Å²) >= 11 is 0. The van der Waals surface area contributed by atoms with Gasteiger partial charge in [0.2, 0.25) is 10.0 Å². The Hall–Kier alpha value is -3.51. The second kappa shape index (κ2) is 10.8. The maximum Gasteiger partial charge on any atom is 0.490 e. The molecule has 3 heterocycles. The minimum Gasteiger partial charge on any atom is -0.475 e. The van der Waals surface area contributed by atoms with E-state index in [1.807, 2.05) is 14.0 Å². The summed E-state index contributed by atoms with van der Waals surface area (Å²) in [6.07, 6.45) is -7.04. The zero-order valence-corrected chi connectivity index (χ0v) is 22.1. The molecule has 1 aromatic carbocycles. The van der Waals surface area contributed by atoms with E-state index in [1.54, 1.807) is 13.0 Å². The van der Waals surface area contributed by atoms with E-state index in [0.717, 1.165) is 17.5 Å². The number of likely N-dealkylation sites (tertiary alicyclic amines) is 1. The molecule has 220 valence electrons. The van der Waals surface area contributed by atoms with Gasteiger partial charge in [-0.1, -0.05) is 6.07 Å². The number of nitrogens with one attached hydrogen (secondary N) is 1. The number of nitrogens with two attached hydrogens (primary N) is 1. The van der Waals surface area contributed by atoms with Crippen LogP contribution in [-0.2, 0) is 21.0 Å². The average molecular weight is 598 g/mol. The third-order valence-electron chi connectivity index (χ3n) is 5.95. The summed E-state index contributed by atoms with van der Waals surface area (Å²) in [7, 11) is -1.98. The van der Waals surface area contributed by atoms with Crippen LogP contribution in [0.25, 0.3) is 16.9 Å². The lowest BCUT2D eigenvalue weighted by molar-refractivity contribution is -0.192. The largest absolute Gasteiger partial charge is 0.490 e.